The molecule has 0 aliphatic rings. The average molecular weight is 448 g/mol. The number of nitrogens with zero attached hydrogens (tertiary/aromatic N) is 2. The normalized spacial score (nSPS) is 10.7. The zero-order valence-electron chi connectivity index (χ0n) is 16.5. The van der Waals surface area contributed by atoms with E-state index < -0.39 is 5.97 Å². The lowest BCUT2D eigenvalue weighted by Crippen LogP contribution is -2.16. The molecular weight excluding hydrogens is 429 g/mol. The van der Waals surface area contributed by atoms with Crippen LogP contribution in [0.3, 0.4) is 0 Å². The molecule has 0 aliphatic carbocycles. The molecule has 0 aliphatic heterocycles. The van der Waals surface area contributed by atoms with Crippen LogP contribution in [0.25, 0.3) is 5.69 Å². The Morgan fingerprint density at radius 3 is 2.57 bits per heavy atom. The molecule has 0 fully saturated rings. The summed E-state index contributed by atoms with van der Waals surface area (Å²) in [5.41, 5.74) is 3.00. The van der Waals surface area contributed by atoms with Gasteiger partial charge < -0.3 is 15.2 Å². The van der Waals surface area contributed by atoms with E-state index in [-0.39, 0.29) is 29.3 Å². The van der Waals surface area contributed by atoms with Gasteiger partial charge in [0.1, 0.15) is 5.56 Å². The molecule has 9 heteroatoms. The molecule has 0 unspecified atom stereocenters. The first-order valence-electron chi connectivity index (χ1n) is 8.93. The Balaban J connectivity index is 1.84. The smallest absolute Gasteiger partial charge is 0.341 e. The highest BCUT2D eigenvalue weighted by atomic mass is 35.5. The molecule has 3 rings (SSSR count). The number of esters is 1. The van der Waals surface area contributed by atoms with Crippen molar-refractivity contribution in [1.82, 2.24) is 9.78 Å². The zero-order valence-corrected chi connectivity index (χ0v) is 18.0. The molecule has 156 valence electrons. The van der Waals surface area contributed by atoms with E-state index in [2.05, 4.69) is 15.2 Å². The molecule has 7 nitrogen and oxygen atoms in total. The lowest BCUT2D eigenvalue weighted by molar-refractivity contribution is -0.115. The van der Waals surface area contributed by atoms with Crippen LogP contribution in [0.2, 0.25) is 10.0 Å². The number of benzene rings is 2. The number of amides is 1. The first kappa shape index (κ1) is 21.7. The third-order valence-electron chi connectivity index (χ3n) is 4.64. The maximum Gasteiger partial charge on any atom is 0.341 e. The predicted molar refractivity (Wildman–Crippen MR) is 115 cm³/mol. The van der Waals surface area contributed by atoms with Gasteiger partial charge in [-0.3, -0.25) is 4.79 Å². The molecule has 0 radical (unpaired) electrons. The van der Waals surface area contributed by atoms with Crippen LogP contribution in [-0.2, 0) is 16.0 Å². The van der Waals surface area contributed by atoms with Gasteiger partial charge in [-0.15, -0.1) is 0 Å². The van der Waals surface area contributed by atoms with E-state index in [1.54, 1.807) is 35.9 Å². The molecule has 0 bridgehead atoms. The summed E-state index contributed by atoms with van der Waals surface area (Å²) in [6.07, 6.45) is 0.0287. The number of methoxy groups -OCH3 is 1. The number of aryl methyl sites for hydroxylation is 1. The number of nitrogens with one attached hydrogen (secondary N) is 1. The Kier molecular flexibility index (Phi) is 6.34. The van der Waals surface area contributed by atoms with Crippen LogP contribution in [0, 0.1) is 13.8 Å². The molecule has 0 saturated heterocycles. The number of phenolic OH excluding ortho intramolecular Hbond substituents is 1. The minimum atomic E-state index is -0.696. The molecule has 3 aromatic rings. The van der Waals surface area contributed by atoms with Crippen molar-refractivity contribution in [2.45, 2.75) is 20.3 Å². The van der Waals surface area contributed by atoms with Gasteiger partial charge >= 0.3 is 5.97 Å². The fraction of sp³-hybridized carbons (Fsp3) is 0.190. The van der Waals surface area contributed by atoms with E-state index in [0.29, 0.717) is 15.7 Å². The number of carbonyl (C=O) groups is 2. The molecule has 0 saturated carbocycles. The Labute approximate surface area is 183 Å². The summed E-state index contributed by atoms with van der Waals surface area (Å²) in [5, 5.41) is 18.2. The molecule has 2 aromatic carbocycles. The Bertz CT molecular complexity index is 1140. The van der Waals surface area contributed by atoms with Crippen molar-refractivity contribution < 1.29 is 19.4 Å². The van der Waals surface area contributed by atoms with Crippen LogP contribution in [0.15, 0.2) is 36.4 Å². The SMILES string of the molecule is COC(=O)c1cccc(NC(=O)Cc2c(C)nn(-c3ccc(Cl)c(Cl)c3)c2C)c1O. The van der Waals surface area contributed by atoms with Gasteiger partial charge in [0, 0.05) is 11.3 Å². The van der Waals surface area contributed by atoms with Gasteiger partial charge in [-0.05, 0) is 44.2 Å². The van der Waals surface area contributed by atoms with Crippen molar-refractivity contribution in [3.63, 3.8) is 0 Å². The van der Waals surface area contributed by atoms with E-state index in [9.17, 15) is 14.7 Å². The minimum Gasteiger partial charge on any atom is -0.505 e. The highest BCUT2D eigenvalue weighted by Crippen LogP contribution is 2.29. The van der Waals surface area contributed by atoms with Gasteiger partial charge in [-0.1, -0.05) is 29.3 Å². The summed E-state index contributed by atoms with van der Waals surface area (Å²) >= 11 is 12.1. The summed E-state index contributed by atoms with van der Waals surface area (Å²) in [4.78, 5) is 24.3. The van der Waals surface area contributed by atoms with Crippen LogP contribution in [0.4, 0.5) is 5.69 Å². The first-order chi connectivity index (χ1) is 14.2. The van der Waals surface area contributed by atoms with E-state index >= 15 is 0 Å². The Hall–Kier alpha value is -3.03. The van der Waals surface area contributed by atoms with Gasteiger partial charge in [0.25, 0.3) is 0 Å². The second-order valence-electron chi connectivity index (χ2n) is 6.58. The standard InChI is InChI=1S/C21H19Cl2N3O4/c1-11-15(12(2)26(25-11)13-7-8-16(22)17(23)9-13)10-19(27)24-18-6-4-5-14(20(18)28)21(29)30-3/h4-9,28H,10H2,1-3H3,(H,24,27). The molecule has 1 amide bonds. The number of phenols is 1. The van der Waals surface area contributed by atoms with Crippen LogP contribution >= 0.6 is 23.2 Å². The molecule has 0 spiro atoms. The number of halogens is 2. The number of aromatic hydroxyl groups is 1. The number of para-hydroxylation sites is 1. The third-order valence-corrected chi connectivity index (χ3v) is 5.38. The second kappa shape index (κ2) is 8.77. The van der Waals surface area contributed by atoms with Crippen molar-refractivity contribution in [2.24, 2.45) is 0 Å². The van der Waals surface area contributed by atoms with Crippen molar-refractivity contribution >= 4 is 40.8 Å². The Morgan fingerprint density at radius 2 is 1.90 bits per heavy atom. The van der Waals surface area contributed by atoms with Gasteiger partial charge in [0.2, 0.25) is 5.91 Å². The molecule has 2 N–H and O–H groups in total. The Morgan fingerprint density at radius 1 is 1.17 bits per heavy atom. The highest BCUT2D eigenvalue weighted by Gasteiger charge is 2.19. The van der Waals surface area contributed by atoms with Crippen molar-refractivity contribution in [3.05, 3.63) is 69.0 Å². The number of carbonyl (C=O) groups excluding carboxylic acids is 2. The monoisotopic (exact) mass is 447 g/mol. The number of hydrogen-bond acceptors (Lipinski definition) is 5. The first-order valence-corrected chi connectivity index (χ1v) is 9.69. The number of ether oxygens (including phenoxy) is 1. The number of rotatable bonds is 5. The number of aromatic nitrogens is 2. The fourth-order valence-corrected chi connectivity index (χ4v) is 3.37. The molecule has 30 heavy (non-hydrogen) atoms. The molecule has 1 aromatic heterocycles. The van der Waals surface area contributed by atoms with Crippen LogP contribution in [0.5, 0.6) is 5.75 Å². The predicted octanol–water partition coefficient (Wildman–Crippen LogP) is 4.47. The summed E-state index contributed by atoms with van der Waals surface area (Å²) in [7, 11) is 1.21. The average Bonchev–Trinajstić information content (AvgIpc) is 2.99. The second-order valence-corrected chi connectivity index (χ2v) is 7.39. The largest absolute Gasteiger partial charge is 0.505 e. The van der Waals surface area contributed by atoms with E-state index in [1.165, 1.54) is 19.2 Å². The molecule has 0 atom stereocenters. The number of hydrogen-bond donors (Lipinski definition) is 2. The summed E-state index contributed by atoms with van der Waals surface area (Å²) in [6.45, 7) is 3.65. The quantitative estimate of drug-likeness (QED) is 0.444. The topological polar surface area (TPSA) is 93.5 Å². The maximum atomic E-state index is 12.6. The fourth-order valence-electron chi connectivity index (χ4n) is 3.07. The van der Waals surface area contributed by atoms with Gasteiger partial charge in [0.05, 0.1) is 40.6 Å². The lowest BCUT2D eigenvalue weighted by Gasteiger charge is -2.10. The summed E-state index contributed by atoms with van der Waals surface area (Å²) in [5.74, 6) is -1.41. The zero-order chi connectivity index (χ0) is 22.0. The van der Waals surface area contributed by atoms with Gasteiger partial charge in [0.15, 0.2) is 5.75 Å². The van der Waals surface area contributed by atoms with Gasteiger partial charge in [-0.2, -0.15) is 5.10 Å². The van der Waals surface area contributed by atoms with Crippen molar-refractivity contribution in [1.29, 1.82) is 0 Å². The maximum absolute atomic E-state index is 12.6. The van der Waals surface area contributed by atoms with E-state index in [4.69, 9.17) is 23.2 Å². The van der Waals surface area contributed by atoms with Crippen LogP contribution in [-0.4, -0.2) is 33.9 Å². The third kappa shape index (κ3) is 4.27. The van der Waals surface area contributed by atoms with E-state index in [1.807, 2.05) is 6.92 Å². The van der Waals surface area contributed by atoms with Crippen molar-refractivity contribution in [3.8, 4) is 11.4 Å². The van der Waals surface area contributed by atoms with Gasteiger partial charge in [-0.25, -0.2) is 9.48 Å². The van der Waals surface area contributed by atoms with Crippen LogP contribution in [0.1, 0.15) is 27.3 Å². The summed E-state index contributed by atoms with van der Waals surface area (Å²) < 4.78 is 6.31. The summed E-state index contributed by atoms with van der Waals surface area (Å²) in [6, 6.07) is 9.61. The number of anilines is 1. The lowest BCUT2D eigenvalue weighted by atomic mass is 10.1. The molecule has 1 heterocycles. The van der Waals surface area contributed by atoms with Crippen molar-refractivity contribution in [2.75, 3.05) is 12.4 Å². The van der Waals surface area contributed by atoms with E-state index in [0.717, 1.165) is 16.9 Å². The van der Waals surface area contributed by atoms with Crippen LogP contribution < -0.4 is 5.32 Å². The highest BCUT2D eigenvalue weighted by molar-refractivity contribution is 6.42. The minimum absolute atomic E-state index is 0.0287. The molecular formula is C21H19Cl2N3O4.